The van der Waals surface area contributed by atoms with Crippen molar-refractivity contribution in [1.82, 2.24) is 10.2 Å². The van der Waals surface area contributed by atoms with Crippen molar-refractivity contribution in [3.8, 4) is 0 Å². The molecule has 1 unspecified atom stereocenters. The van der Waals surface area contributed by atoms with Crippen molar-refractivity contribution >= 4 is 17.8 Å². The molecule has 0 bridgehead atoms. The van der Waals surface area contributed by atoms with Crippen LogP contribution in [0, 0.1) is 0 Å². The number of carboxylic acids is 1. The first-order chi connectivity index (χ1) is 8.58. The van der Waals surface area contributed by atoms with E-state index in [9.17, 15) is 9.59 Å². The lowest BCUT2D eigenvalue weighted by Gasteiger charge is -2.11. The molecule has 0 radical (unpaired) electrons. The smallest absolute Gasteiger partial charge is 0.358 e. The number of aromatic nitrogens is 2. The van der Waals surface area contributed by atoms with Gasteiger partial charge in [0.25, 0.3) is 0 Å². The minimum Gasteiger partial charge on any atom is -0.479 e. The molecule has 98 valence electrons. The Morgan fingerprint density at radius 2 is 2.11 bits per heavy atom. The number of ether oxygens (including phenoxy) is 2. The van der Waals surface area contributed by atoms with Crippen molar-refractivity contribution in [1.29, 1.82) is 0 Å². The van der Waals surface area contributed by atoms with Crippen molar-refractivity contribution in [2.75, 3.05) is 26.1 Å². The molecule has 0 saturated carbocycles. The number of methoxy groups -OCH3 is 2. The molecule has 0 spiro atoms. The quantitative estimate of drug-likeness (QED) is 0.671. The molecule has 18 heavy (non-hydrogen) atoms. The number of nitrogens with one attached hydrogen (secondary N) is 1. The Hall–Kier alpha value is -2.22. The van der Waals surface area contributed by atoms with Gasteiger partial charge in [-0.3, -0.25) is 0 Å². The van der Waals surface area contributed by atoms with Gasteiger partial charge in [-0.25, -0.2) is 9.59 Å². The average Bonchev–Trinajstić information content (AvgIpc) is 2.39. The van der Waals surface area contributed by atoms with Gasteiger partial charge in [0, 0.05) is 7.11 Å². The third kappa shape index (κ3) is 3.67. The van der Waals surface area contributed by atoms with Gasteiger partial charge in [0.1, 0.15) is 5.82 Å². The van der Waals surface area contributed by atoms with E-state index in [1.807, 2.05) is 0 Å². The number of anilines is 1. The molecule has 0 aliphatic carbocycles. The number of rotatable bonds is 6. The van der Waals surface area contributed by atoms with Crippen LogP contribution in [0.4, 0.5) is 5.82 Å². The molecule has 0 aliphatic heterocycles. The number of carbonyl (C=O) groups excluding carboxylic acids is 1. The number of carboxylic acid groups (broad SMARTS) is 1. The first-order valence-corrected chi connectivity index (χ1v) is 5.00. The zero-order chi connectivity index (χ0) is 13.5. The predicted octanol–water partition coefficient (Wildman–Crippen LogP) is -0.225. The van der Waals surface area contributed by atoms with E-state index in [4.69, 9.17) is 9.84 Å². The van der Waals surface area contributed by atoms with E-state index >= 15 is 0 Å². The number of aliphatic carboxylic acids is 1. The largest absolute Gasteiger partial charge is 0.479 e. The Labute approximate surface area is 103 Å². The molecular formula is C10H13N3O5. The summed E-state index contributed by atoms with van der Waals surface area (Å²) < 4.78 is 9.19. The van der Waals surface area contributed by atoms with Gasteiger partial charge in [-0.05, 0) is 12.1 Å². The lowest BCUT2D eigenvalue weighted by Crippen LogP contribution is -2.30. The van der Waals surface area contributed by atoms with Gasteiger partial charge in [-0.2, -0.15) is 0 Å². The second kappa shape index (κ2) is 6.50. The highest BCUT2D eigenvalue weighted by Crippen LogP contribution is 2.03. The van der Waals surface area contributed by atoms with Gasteiger partial charge in [0.15, 0.2) is 11.8 Å². The highest BCUT2D eigenvalue weighted by molar-refractivity contribution is 5.86. The predicted molar refractivity (Wildman–Crippen MR) is 60.3 cm³/mol. The Bertz CT molecular complexity index is 420. The summed E-state index contributed by atoms with van der Waals surface area (Å²) in [6, 6.07) is 2.91. The second-order valence-corrected chi connectivity index (χ2v) is 3.24. The van der Waals surface area contributed by atoms with E-state index in [-0.39, 0.29) is 12.2 Å². The topological polar surface area (TPSA) is 111 Å². The van der Waals surface area contributed by atoms with Crippen LogP contribution < -0.4 is 5.32 Å². The van der Waals surface area contributed by atoms with Crippen molar-refractivity contribution in [3.05, 3.63) is 17.8 Å². The fourth-order valence-corrected chi connectivity index (χ4v) is 1.11. The maximum atomic E-state index is 11.1. The van der Waals surface area contributed by atoms with E-state index in [0.717, 1.165) is 0 Å². The van der Waals surface area contributed by atoms with E-state index in [1.165, 1.54) is 26.4 Å². The van der Waals surface area contributed by atoms with Crippen LogP contribution in [0.15, 0.2) is 12.1 Å². The molecule has 8 heteroatoms. The molecule has 1 rings (SSSR count). The lowest BCUT2D eigenvalue weighted by molar-refractivity contribution is -0.147. The fourth-order valence-electron chi connectivity index (χ4n) is 1.11. The highest BCUT2D eigenvalue weighted by Gasteiger charge is 2.16. The molecule has 0 fully saturated rings. The SMILES string of the molecule is COC(=O)c1ccc(NCC(OC)C(=O)O)nn1. The highest BCUT2D eigenvalue weighted by atomic mass is 16.5. The van der Waals surface area contributed by atoms with Crippen LogP contribution in [0.2, 0.25) is 0 Å². The molecule has 0 saturated heterocycles. The Morgan fingerprint density at radius 3 is 2.56 bits per heavy atom. The normalized spacial score (nSPS) is 11.7. The van der Waals surface area contributed by atoms with Gasteiger partial charge in [-0.1, -0.05) is 0 Å². The molecule has 2 N–H and O–H groups in total. The van der Waals surface area contributed by atoms with Crippen molar-refractivity contribution < 1.29 is 24.2 Å². The molecule has 1 atom stereocenters. The van der Waals surface area contributed by atoms with E-state index < -0.39 is 18.0 Å². The summed E-state index contributed by atoms with van der Waals surface area (Å²) in [6.45, 7) is 0.0398. The number of nitrogens with zero attached hydrogens (tertiary/aromatic N) is 2. The standard InChI is InChI=1S/C10H13N3O5/c1-17-7(9(14)15)5-11-8-4-3-6(12-13-8)10(16)18-2/h3-4,7H,5H2,1-2H3,(H,11,13)(H,14,15). The van der Waals surface area contributed by atoms with Crippen LogP contribution in [0.25, 0.3) is 0 Å². The van der Waals surface area contributed by atoms with Crippen molar-refractivity contribution in [2.24, 2.45) is 0 Å². The number of hydrogen-bond acceptors (Lipinski definition) is 7. The summed E-state index contributed by atoms with van der Waals surface area (Å²) in [5.74, 6) is -1.33. The summed E-state index contributed by atoms with van der Waals surface area (Å²) >= 11 is 0. The minimum atomic E-state index is -1.08. The van der Waals surface area contributed by atoms with Crippen molar-refractivity contribution in [2.45, 2.75) is 6.10 Å². The molecule has 0 aromatic carbocycles. The third-order valence-electron chi connectivity index (χ3n) is 2.09. The average molecular weight is 255 g/mol. The van der Waals surface area contributed by atoms with Crippen LogP contribution >= 0.6 is 0 Å². The van der Waals surface area contributed by atoms with Gasteiger partial charge in [-0.15, -0.1) is 10.2 Å². The zero-order valence-electron chi connectivity index (χ0n) is 9.91. The molecular weight excluding hydrogens is 242 g/mol. The van der Waals surface area contributed by atoms with Crippen LogP contribution in [0.1, 0.15) is 10.5 Å². The molecule has 8 nitrogen and oxygen atoms in total. The maximum absolute atomic E-state index is 11.1. The van der Waals surface area contributed by atoms with Crippen molar-refractivity contribution in [3.63, 3.8) is 0 Å². The summed E-state index contributed by atoms with van der Waals surface area (Å²) in [4.78, 5) is 21.8. The number of esters is 1. The first-order valence-electron chi connectivity index (χ1n) is 5.00. The first kappa shape index (κ1) is 13.8. The fraction of sp³-hybridized carbons (Fsp3) is 0.400. The summed E-state index contributed by atoms with van der Waals surface area (Å²) in [6.07, 6.45) is -0.980. The Balaban J connectivity index is 2.58. The van der Waals surface area contributed by atoms with Gasteiger partial charge >= 0.3 is 11.9 Å². The molecule has 0 aliphatic rings. The van der Waals surface area contributed by atoms with Crippen LogP contribution in [-0.4, -0.2) is 54.1 Å². The minimum absolute atomic E-state index is 0.0398. The zero-order valence-corrected chi connectivity index (χ0v) is 9.91. The number of carbonyl (C=O) groups is 2. The van der Waals surface area contributed by atoms with Gasteiger partial charge < -0.3 is 19.9 Å². The lowest BCUT2D eigenvalue weighted by atomic mass is 10.3. The van der Waals surface area contributed by atoms with E-state index in [2.05, 4.69) is 20.3 Å². The van der Waals surface area contributed by atoms with Crippen LogP contribution in [0.5, 0.6) is 0 Å². The Morgan fingerprint density at radius 1 is 1.39 bits per heavy atom. The molecule has 1 aromatic heterocycles. The molecule has 1 heterocycles. The Kier molecular flexibility index (Phi) is 5.00. The van der Waals surface area contributed by atoms with Crippen LogP contribution in [-0.2, 0) is 14.3 Å². The summed E-state index contributed by atoms with van der Waals surface area (Å²) in [5.41, 5.74) is 0.0737. The molecule has 0 amide bonds. The third-order valence-corrected chi connectivity index (χ3v) is 2.09. The summed E-state index contributed by atoms with van der Waals surface area (Å²) in [5, 5.41) is 18.8. The molecule has 1 aromatic rings. The van der Waals surface area contributed by atoms with E-state index in [0.29, 0.717) is 5.82 Å². The maximum Gasteiger partial charge on any atom is 0.358 e. The summed E-state index contributed by atoms with van der Waals surface area (Å²) in [7, 11) is 2.54. The monoisotopic (exact) mass is 255 g/mol. The van der Waals surface area contributed by atoms with Gasteiger partial charge in [0.2, 0.25) is 0 Å². The van der Waals surface area contributed by atoms with Crippen LogP contribution in [0.3, 0.4) is 0 Å². The number of hydrogen-bond donors (Lipinski definition) is 2. The van der Waals surface area contributed by atoms with E-state index in [1.54, 1.807) is 0 Å². The van der Waals surface area contributed by atoms with Gasteiger partial charge in [0.05, 0.1) is 13.7 Å². The second-order valence-electron chi connectivity index (χ2n) is 3.24.